The van der Waals surface area contributed by atoms with Gasteiger partial charge >= 0.3 is 6.03 Å². The first-order valence-electron chi connectivity index (χ1n) is 7.96. The number of carbonyl (C=O) groups excluding carboxylic acids is 1. The van der Waals surface area contributed by atoms with Gasteiger partial charge in [0.15, 0.2) is 0 Å². The molecular formula is C16H27N3OS. The number of likely N-dealkylation sites (tertiary alicyclic amines) is 1. The van der Waals surface area contributed by atoms with Crippen LogP contribution in [0.4, 0.5) is 4.79 Å². The highest BCUT2D eigenvalue weighted by Gasteiger charge is 2.16. The number of nitrogens with one attached hydrogen (secondary N) is 1. The van der Waals surface area contributed by atoms with Crippen molar-refractivity contribution in [2.24, 2.45) is 5.92 Å². The third kappa shape index (κ3) is 5.32. The van der Waals surface area contributed by atoms with Gasteiger partial charge in [0.05, 0.1) is 6.54 Å². The smallest absolute Gasteiger partial charge is 0.317 e. The average molecular weight is 309 g/mol. The molecule has 118 valence electrons. The minimum absolute atomic E-state index is 0.0521. The van der Waals surface area contributed by atoms with E-state index in [0.717, 1.165) is 25.6 Å². The summed E-state index contributed by atoms with van der Waals surface area (Å²) in [4.78, 5) is 17.7. The Hall–Kier alpha value is -1.07. The van der Waals surface area contributed by atoms with Crippen molar-refractivity contribution in [1.82, 2.24) is 15.1 Å². The molecule has 1 aromatic rings. The van der Waals surface area contributed by atoms with Gasteiger partial charge in [-0.05, 0) is 50.2 Å². The van der Waals surface area contributed by atoms with Crippen molar-refractivity contribution in [3.8, 4) is 0 Å². The molecule has 0 aliphatic carbocycles. The summed E-state index contributed by atoms with van der Waals surface area (Å²) in [6, 6.07) is 4.16. The molecule has 0 spiro atoms. The quantitative estimate of drug-likeness (QED) is 0.877. The topological polar surface area (TPSA) is 35.6 Å². The van der Waals surface area contributed by atoms with E-state index in [4.69, 9.17) is 0 Å². The van der Waals surface area contributed by atoms with E-state index < -0.39 is 0 Å². The van der Waals surface area contributed by atoms with E-state index in [9.17, 15) is 4.79 Å². The summed E-state index contributed by atoms with van der Waals surface area (Å²) in [6.07, 6.45) is 2.57. The molecule has 1 aliphatic rings. The Morgan fingerprint density at radius 3 is 2.86 bits per heavy atom. The van der Waals surface area contributed by atoms with Gasteiger partial charge in [0, 0.05) is 24.5 Å². The number of thiophene rings is 1. The Bertz CT molecular complexity index is 413. The van der Waals surface area contributed by atoms with Gasteiger partial charge in [-0.2, -0.15) is 0 Å². The highest BCUT2D eigenvalue weighted by molar-refractivity contribution is 7.09. The van der Waals surface area contributed by atoms with E-state index in [1.165, 1.54) is 30.8 Å². The summed E-state index contributed by atoms with van der Waals surface area (Å²) in [5.74, 6) is 0.859. The van der Waals surface area contributed by atoms with Gasteiger partial charge in [0.25, 0.3) is 0 Å². The lowest BCUT2D eigenvalue weighted by atomic mass is 9.99. The highest BCUT2D eigenvalue weighted by atomic mass is 32.1. The van der Waals surface area contributed by atoms with Crippen LogP contribution in [0.2, 0.25) is 0 Å². The molecule has 0 radical (unpaired) electrons. The molecule has 0 bridgehead atoms. The molecule has 0 atom stereocenters. The number of hydrogen-bond donors (Lipinski definition) is 1. The molecule has 0 unspecified atom stereocenters. The highest BCUT2D eigenvalue weighted by Crippen LogP contribution is 2.15. The zero-order chi connectivity index (χ0) is 15.1. The molecule has 4 nitrogen and oxygen atoms in total. The van der Waals surface area contributed by atoms with Crippen LogP contribution in [-0.4, -0.2) is 48.6 Å². The molecular weight excluding hydrogens is 282 g/mol. The molecule has 2 heterocycles. The Labute approximate surface area is 132 Å². The van der Waals surface area contributed by atoms with Gasteiger partial charge in [-0.25, -0.2) is 4.79 Å². The van der Waals surface area contributed by atoms with Crippen molar-refractivity contribution in [3.63, 3.8) is 0 Å². The minimum atomic E-state index is 0.0521. The van der Waals surface area contributed by atoms with Crippen LogP contribution in [0.25, 0.3) is 0 Å². The van der Waals surface area contributed by atoms with Crippen LogP contribution < -0.4 is 5.32 Å². The fraction of sp³-hybridized carbons (Fsp3) is 0.688. The number of rotatable bonds is 6. The summed E-state index contributed by atoms with van der Waals surface area (Å²) < 4.78 is 0. The standard InChI is InChI=1S/C16H27N3OS/c1-3-19(13-15-5-4-12-21-15)16(20)17-8-11-18-9-6-14(2)7-10-18/h4-5,12,14H,3,6-11,13H2,1-2H3,(H,17,20). The monoisotopic (exact) mass is 309 g/mol. The largest absolute Gasteiger partial charge is 0.337 e. The molecule has 1 aromatic heterocycles. The van der Waals surface area contributed by atoms with Crippen LogP contribution in [0.3, 0.4) is 0 Å². The van der Waals surface area contributed by atoms with Gasteiger partial charge in [-0.3, -0.25) is 0 Å². The van der Waals surface area contributed by atoms with Gasteiger partial charge in [0.1, 0.15) is 0 Å². The SMILES string of the molecule is CCN(Cc1cccs1)C(=O)NCCN1CCC(C)CC1. The zero-order valence-electron chi connectivity index (χ0n) is 13.2. The van der Waals surface area contributed by atoms with E-state index >= 15 is 0 Å². The Kier molecular flexibility index (Phi) is 6.51. The normalized spacial score (nSPS) is 16.9. The maximum absolute atomic E-state index is 12.2. The van der Waals surface area contributed by atoms with Crippen LogP contribution in [-0.2, 0) is 6.54 Å². The third-order valence-corrected chi connectivity index (χ3v) is 5.04. The number of piperidine rings is 1. The van der Waals surface area contributed by atoms with E-state index in [0.29, 0.717) is 6.54 Å². The predicted molar refractivity (Wildman–Crippen MR) is 88.6 cm³/mol. The molecule has 1 N–H and O–H groups in total. The van der Waals surface area contributed by atoms with E-state index in [2.05, 4.69) is 28.6 Å². The Morgan fingerprint density at radius 2 is 2.24 bits per heavy atom. The van der Waals surface area contributed by atoms with Crippen molar-refractivity contribution in [2.75, 3.05) is 32.7 Å². The number of amides is 2. The summed E-state index contributed by atoms with van der Waals surface area (Å²) >= 11 is 1.70. The van der Waals surface area contributed by atoms with E-state index in [-0.39, 0.29) is 6.03 Å². The van der Waals surface area contributed by atoms with Gasteiger partial charge < -0.3 is 15.1 Å². The second kappa shape index (κ2) is 8.39. The fourth-order valence-corrected chi connectivity index (χ4v) is 3.36. The predicted octanol–water partition coefficient (Wildman–Crippen LogP) is 3.01. The van der Waals surface area contributed by atoms with Crippen LogP contribution in [0, 0.1) is 5.92 Å². The number of hydrogen-bond acceptors (Lipinski definition) is 3. The average Bonchev–Trinajstić information content (AvgIpc) is 2.99. The molecule has 1 fully saturated rings. The van der Waals surface area contributed by atoms with Crippen LogP contribution in [0.15, 0.2) is 17.5 Å². The number of carbonyl (C=O) groups is 1. The lowest BCUT2D eigenvalue weighted by Gasteiger charge is -2.30. The molecule has 1 aliphatic heterocycles. The molecule has 2 amide bonds. The summed E-state index contributed by atoms with van der Waals surface area (Å²) in [5.41, 5.74) is 0. The first-order chi connectivity index (χ1) is 10.2. The molecule has 2 rings (SSSR count). The van der Waals surface area contributed by atoms with Crippen LogP contribution in [0.1, 0.15) is 31.6 Å². The summed E-state index contributed by atoms with van der Waals surface area (Å²) in [5, 5.41) is 5.11. The van der Waals surface area contributed by atoms with Gasteiger partial charge in [0.2, 0.25) is 0 Å². The second-order valence-electron chi connectivity index (χ2n) is 5.85. The second-order valence-corrected chi connectivity index (χ2v) is 6.88. The Balaban J connectivity index is 1.67. The van der Waals surface area contributed by atoms with Gasteiger partial charge in [-0.1, -0.05) is 13.0 Å². The van der Waals surface area contributed by atoms with Crippen LogP contribution >= 0.6 is 11.3 Å². The fourth-order valence-electron chi connectivity index (χ4n) is 2.64. The zero-order valence-corrected chi connectivity index (χ0v) is 14.0. The van der Waals surface area contributed by atoms with E-state index in [1.807, 2.05) is 17.9 Å². The first-order valence-corrected chi connectivity index (χ1v) is 8.84. The Morgan fingerprint density at radius 1 is 1.48 bits per heavy atom. The summed E-state index contributed by atoms with van der Waals surface area (Å²) in [7, 11) is 0. The van der Waals surface area contributed by atoms with Crippen molar-refractivity contribution < 1.29 is 4.79 Å². The lowest BCUT2D eigenvalue weighted by Crippen LogP contribution is -2.44. The van der Waals surface area contributed by atoms with Gasteiger partial charge in [-0.15, -0.1) is 11.3 Å². The summed E-state index contributed by atoms with van der Waals surface area (Å²) in [6.45, 7) is 9.85. The lowest BCUT2D eigenvalue weighted by molar-refractivity contribution is 0.181. The van der Waals surface area contributed by atoms with Crippen molar-refractivity contribution in [1.29, 1.82) is 0 Å². The van der Waals surface area contributed by atoms with Crippen molar-refractivity contribution >= 4 is 17.4 Å². The maximum atomic E-state index is 12.2. The van der Waals surface area contributed by atoms with Crippen LogP contribution in [0.5, 0.6) is 0 Å². The molecule has 0 saturated carbocycles. The van der Waals surface area contributed by atoms with Crippen molar-refractivity contribution in [2.45, 2.75) is 33.2 Å². The minimum Gasteiger partial charge on any atom is -0.337 e. The maximum Gasteiger partial charge on any atom is 0.317 e. The first kappa shape index (κ1) is 16.3. The third-order valence-electron chi connectivity index (χ3n) is 4.18. The number of nitrogens with zero attached hydrogens (tertiary/aromatic N) is 2. The molecule has 1 saturated heterocycles. The molecule has 21 heavy (non-hydrogen) atoms. The van der Waals surface area contributed by atoms with Crippen molar-refractivity contribution in [3.05, 3.63) is 22.4 Å². The van der Waals surface area contributed by atoms with E-state index in [1.54, 1.807) is 11.3 Å². The number of urea groups is 1. The molecule has 0 aromatic carbocycles. The molecule has 5 heteroatoms.